The lowest BCUT2D eigenvalue weighted by Crippen LogP contribution is -2.19. The van der Waals surface area contributed by atoms with Gasteiger partial charge in [-0.2, -0.15) is 0 Å². The van der Waals surface area contributed by atoms with E-state index in [0.29, 0.717) is 26.9 Å². The molecular formula is C23H16BrFN2O2S. The first-order valence-corrected chi connectivity index (χ1v) is 10.7. The van der Waals surface area contributed by atoms with Gasteiger partial charge in [-0.15, -0.1) is 0 Å². The Morgan fingerprint density at radius 1 is 1.07 bits per heavy atom. The first-order chi connectivity index (χ1) is 14.6. The van der Waals surface area contributed by atoms with Crippen LogP contribution < -0.4 is 10.1 Å². The molecule has 4 rings (SSSR count). The number of rotatable bonds is 5. The van der Waals surface area contributed by atoms with Crippen molar-refractivity contribution >= 4 is 50.5 Å². The van der Waals surface area contributed by atoms with Gasteiger partial charge in [0.05, 0.1) is 10.6 Å². The van der Waals surface area contributed by atoms with E-state index in [4.69, 9.17) is 4.74 Å². The summed E-state index contributed by atoms with van der Waals surface area (Å²) in [6, 6.07) is 21.4. The van der Waals surface area contributed by atoms with Crippen LogP contribution in [0.1, 0.15) is 11.1 Å². The number of amidine groups is 1. The number of ether oxygens (including phenoxy) is 1. The van der Waals surface area contributed by atoms with Gasteiger partial charge in [-0.3, -0.25) is 4.79 Å². The van der Waals surface area contributed by atoms with Crippen molar-refractivity contribution in [2.24, 2.45) is 4.99 Å². The number of amides is 1. The second-order valence-electron chi connectivity index (χ2n) is 6.38. The van der Waals surface area contributed by atoms with E-state index in [1.807, 2.05) is 42.5 Å². The lowest BCUT2D eigenvalue weighted by Gasteiger charge is -2.11. The first-order valence-electron chi connectivity index (χ1n) is 9.09. The molecule has 7 heteroatoms. The molecule has 0 saturated carbocycles. The van der Waals surface area contributed by atoms with Crippen molar-refractivity contribution in [3.63, 3.8) is 0 Å². The van der Waals surface area contributed by atoms with Gasteiger partial charge in [-0.25, -0.2) is 9.38 Å². The standard InChI is InChI=1S/C23H16BrFN2O2S/c24-17-10-11-20(29-14-15-6-4-5-9-19(15)25)16(12-17)13-21-22(28)27-23(30-21)26-18-7-2-1-3-8-18/h1-13H,14H2,(H,26,27,28)/b21-13+. The highest BCUT2D eigenvalue weighted by atomic mass is 79.9. The number of aliphatic imine (C=N–C) groups is 1. The van der Waals surface area contributed by atoms with Gasteiger partial charge >= 0.3 is 0 Å². The van der Waals surface area contributed by atoms with Gasteiger partial charge < -0.3 is 10.1 Å². The fraction of sp³-hybridized carbons (Fsp3) is 0.0435. The summed E-state index contributed by atoms with van der Waals surface area (Å²) >= 11 is 4.71. The number of benzene rings is 3. The van der Waals surface area contributed by atoms with Crippen molar-refractivity contribution in [1.29, 1.82) is 0 Å². The zero-order valence-electron chi connectivity index (χ0n) is 15.6. The Balaban J connectivity index is 1.57. The van der Waals surface area contributed by atoms with Crippen LogP contribution in [0.5, 0.6) is 5.75 Å². The predicted molar refractivity (Wildman–Crippen MR) is 122 cm³/mol. The van der Waals surface area contributed by atoms with E-state index in [1.165, 1.54) is 17.8 Å². The molecule has 0 radical (unpaired) electrons. The number of hydrogen-bond acceptors (Lipinski definition) is 4. The summed E-state index contributed by atoms with van der Waals surface area (Å²) in [6.45, 7) is 0.0878. The number of carbonyl (C=O) groups is 1. The molecule has 0 atom stereocenters. The third-order valence-corrected chi connectivity index (χ3v) is 5.64. The predicted octanol–water partition coefficient (Wildman–Crippen LogP) is 6.06. The minimum Gasteiger partial charge on any atom is -0.488 e. The molecule has 1 fully saturated rings. The molecule has 1 heterocycles. The van der Waals surface area contributed by atoms with E-state index in [2.05, 4.69) is 26.2 Å². The van der Waals surface area contributed by atoms with E-state index in [0.717, 1.165) is 10.2 Å². The number of carbonyl (C=O) groups excluding carboxylic acids is 1. The summed E-state index contributed by atoms with van der Waals surface area (Å²) in [6.07, 6.45) is 1.74. The van der Waals surface area contributed by atoms with Crippen LogP contribution in [0.25, 0.3) is 6.08 Å². The molecule has 1 aliphatic heterocycles. The van der Waals surface area contributed by atoms with Gasteiger partial charge in [0.15, 0.2) is 5.17 Å². The topological polar surface area (TPSA) is 50.7 Å². The third kappa shape index (κ3) is 4.98. The summed E-state index contributed by atoms with van der Waals surface area (Å²) in [5.74, 6) is 0.00696. The highest BCUT2D eigenvalue weighted by molar-refractivity contribution is 9.10. The van der Waals surface area contributed by atoms with Crippen LogP contribution in [0.4, 0.5) is 10.1 Å². The van der Waals surface area contributed by atoms with Crippen LogP contribution >= 0.6 is 27.7 Å². The molecule has 150 valence electrons. The van der Waals surface area contributed by atoms with Gasteiger partial charge in [0, 0.05) is 15.6 Å². The molecular weight excluding hydrogens is 467 g/mol. The zero-order chi connectivity index (χ0) is 20.9. The minimum atomic E-state index is -0.318. The number of thioether (sulfide) groups is 1. The van der Waals surface area contributed by atoms with Crippen molar-refractivity contribution in [3.05, 3.63) is 99.1 Å². The monoisotopic (exact) mass is 482 g/mol. The second-order valence-corrected chi connectivity index (χ2v) is 8.33. The fourth-order valence-corrected chi connectivity index (χ4v) is 3.99. The van der Waals surface area contributed by atoms with Gasteiger partial charge in [0.1, 0.15) is 18.2 Å². The van der Waals surface area contributed by atoms with E-state index in [-0.39, 0.29) is 18.3 Å². The Labute approximate surface area is 186 Å². The van der Waals surface area contributed by atoms with E-state index in [1.54, 1.807) is 30.3 Å². The number of nitrogens with zero attached hydrogens (tertiary/aromatic N) is 1. The SMILES string of the molecule is O=C1NC(=Nc2ccccc2)S/C1=C/c1cc(Br)ccc1OCc1ccccc1F. The highest BCUT2D eigenvalue weighted by Gasteiger charge is 2.24. The van der Waals surface area contributed by atoms with Crippen molar-refractivity contribution in [3.8, 4) is 5.75 Å². The van der Waals surface area contributed by atoms with Crippen molar-refractivity contribution < 1.29 is 13.9 Å². The average molecular weight is 483 g/mol. The average Bonchev–Trinajstić information content (AvgIpc) is 3.08. The van der Waals surface area contributed by atoms with Crippen LogP contribution in [-0.2, 0) is 11.4 Å². The Morgan fingerprint density at radius 3 is 2.63 bits per heavy atom. The molecule has 0 bridgehead atoms. The van der Waals surface area contributed by atoms with E-state index >= 15 is 0 Å². The van der Waals surface area contributed by atoms with Gasteiger partial charge in [-0.1, -0.05) is 52.3 Å². The number of nitrogens with one attached hydrogen (secondary N) is 1. The summed E-state index contributed by atoms with van der Waals surface area (Å²) in [7, 11) is 0. The molecule has 3 aromatic carbocycles. The maximum atomic E-state index is 13.9. The summed E-state index contributed by atoms with van der Waals surface area (Å²) < 4.78 is 20.6. The van der Waals surface area contributed by atoms with Crippen LogP contribution in [0, 0.1) is 5.82 Å². The van der Waals surface area contributed by atoms with Crippen LogP contribution in [0.3, 0.4) is 0 Å². The Kier molecular flexibility index (Phi) is 6.30. The lowest BCUT2D eigenvalue weighted by molar-refractivity contribution is -0.115. The molecule has 0 aromatic heterocycles. The summed E-state index contributed by atoms with van der Waals surface area (Å²) in [5, 5.41) is 3.29. The maximum Gasteiger partial charge on any atom is 0.264 e. The van der Waals surface area contributed by atoms with Gasteiger partial charge in [-0.05, 0) is 54.2 Å². The van der Waals surface area contributed by atoms with Crippen molar-refractivity contribution in [2.75, 3.05) is 0 Å². The van der Waals surface area contributed by atoms with Crippen LogP contribution in [0.15, 0.2) is 87.2 Å². The third-order valence-electron chi connectivity index (χ3n) is 4.24. The largest absolute Gasteiger partial charge is 0.488 e. The lowest BCUT2D eigenvalue weighted by atomic mass is 10.1. The van der Waals surface area contributed by atoms with Crippen LogP contribution in [0.2, 0.25) is 0 Å². The molecule has 1 aliphatic rings. The molecule has 1 saturated heterocycles. The summed E-state index contributed by atoms with van der Waals surface area (Å²) in [4.78, 5) is 17.4. The number of halogens is 2. The van der Waals surface area contributed by atoms with Crippen LogP contribution in [-0.4, -0.2) is 11.1 Å². The van der Waals surface area contributed by atoms with Gasteiger partial charge in [0.25, 0.3) is 5.91 Å². The smallest absolute Gasteiger partial charge is 0.264 e. The van der Waals surface area contributed by atoms with Crippen molar-refractivity contribution in [2.45, 2.75) is 6.61 Å². The normalized spacial score (nSPS) is 16.1. The molecule has 0 unspecified atom stereocenters. The first kappa shape index (κ1) is 20.4. The number of para-hydroxylation sites is 1. The summed E-state index contributed by atoms with van der Waals surface area (Å²) in [5.41, 5.74) is 1.93. The van der Waals surface area contributed by atoms with E-state index < -0.39 is 0 Å². The van der Waals surface area contributed by atoms with E-state index in [9.17, 15) is 9.18 Å². The van der Waals surface area contributed by atoms with Crippen molar-refractivity contribution in [1.82, 2.24) is 5.32 Å². The number of hydrogen-bond donors (Lipinski definition) is 1. The fourth-order valence-electron chi connectivity index (χ4n) is 2.78. The highest BCUT2D eigenvalue weighted by Crippen LogP contribution is 2.32. The Morgan fingerprint density at radius 2 is 1.83 bits per heavy atom. The molecule has 1 N–H and O–H groups in total. The Bertz CT molecular complexity index is 1150. The quantitative estimate of drug-likeness (QED) is 0.449. The maximum absolute atomic E-state index is 13.9. The molecule has 0 aliphatic carbocycles. The molecule has 4 nitrogen and oxygen atoms in total. The molecule has 1 amide bonds. The molecule has 0 spiro atoms. The Hall–Kier alpha value is -2.90. The van der Waals surface area contributed by atoms with Gasteiger partial charge in [0.2, 0.25) is 0 Å². The molecule has 30 heavy (non-hydrogen) atoms. The minimum absolute atomic E-state index is 0.0878. The second kappa shape index (κ2) is 9.28. The molecule has 3 aromatic rings. The zero-order valence-corrected chi connectivity index (χ0v) is 18.0.